The Labute approximate surface area is 158 Å². The fraction of sp³-hybridized carbons (Fsp3) is 0.812. The largest absolute Gasteiger partial charge is 0.469 e. The number of rotatable bonds is 5. The van der Waals surface area contributed by atoms with E-state index in [1.807, 2.05) is 20.8 Å². The molecular formula is C16H25N3O5S2. The number of carbonyl (C=O) groups excluding carboxylic acids is 1. The van der Waals surface area contributed by atoms with Crippen molar-refractivity contribution in [3.05, 3.63) is 0 Å². The molecule has 10 heteroatoms. The molecular weight excluding hydrogens is 378 g/mol. The Hall–Kier alpha value is -1.42. The van der Waals surface area contributed by atoms with Crippen LogP contribution in [-0.4, -0.2) is 58.2 Å². The lowest BCUT2D eigenvalue weighted by Gasteiger charge is -2.34. The predicted octanol–water partition coefficient (Wildman–Crippen LogP) is 2.50. The minimum absolute atomic E-state index is 0.00945. The zero-order valence-corrected chi connectivity index (χ0v) is 17.1. The summed E-state index contributed by atoms with van der Waals surface area (Å²) in [6.45, 7) is 7.94. The van der Waals surface area contributed by atoms with Gasteiger partial charge in [0.05, 0.1) is 23.5 Å². The second-order valence-corrected chi connectivity index (χ2v) is 10.4. The average Bonchev–Trinajstić information content (AvgIpc) is 3.20. The van der Waals surface area contributed by atoms with Crippen molar-refractivity contribution in [2.24, 2.45) is 5.92 Å². The molecule has 1 aromatic rings. The van der Waals surface area contributed by atoms with E-state index in [1.54, 1.807) is 11.8 Å². The molecule has 0 spiro atoms. The van der Waals surface area contributed by atoms with Gasteiger partial charge in [-0.05, 0) is 46.0 Å². The molecule has 1 saturated carbocycles. The number of amides is 1. The molecule has 1 aliphatic heterocycles. The van der Waals surface area contributed by atoms with E-state index in [1.165, 1.54) is 0 Å². The molecule has 2 aliphatic rings. The molecule has 2 fully saturated rings. The van der Waals surface area contributed by atoms with Gasteiger partial charge in [0.25, 0.3) is 5.88 Å². The number of ether oxygens (including phenoxy) is 2. The Morgan fingerprint density at radius 3 is 2.65 bits per heavy atom. The van der Waals surface area contributed by atoms with E-state index >= 15 is 0 Å². The molecule has 3 rings (SSSR count). The molecule has 0 aromatic carbocycles. The van der Waals surface area contributed by atoms with Gasteiger partial charge >= 0.3 is 6.09 Å². The van der Waals surface area contributed by atoms with Gasteiger partial charge in [0.1, 0.15) is 11.7 Å². The van der Waals surface area contributed by atoms with E-state index in [2.05, 4.69) is 8.75 Å². The SMILES string of the molecule is CCCS(=O)(=O)c1nsnc1O[C@H]1CC2CC1N(C(=O)OC(C)(C)C)C2. The van der Waals surface area contributed by atoms with Gasteiger partial charge in [0.15, 0.2) is 0 Å². The summed E-state index contributed by atoms with van der Waals surface area (Å²) in [7, 11) is -3.50. The van der Waals surface area contributed by atoms with Crippen molar-refractivity contribution in [1.82, 2.24) is 13.6 Å². The topological polar surface area (TPSA) is 98.7 Å². The van der Waals surface area contributed by atoms with Crippen LogP contribution in [0.25, 0.3) is 0 Å². The summed E-state index contributed by atoms with van der Waals surface area (Å²) in [5, 5.41) is -0.0871. The average molecular weight is 404 g/mol. The highest BCUT2D eigenvalue weighted by atomic mass is 32.2. The number of fused-ring (bicyclic) bond motifs is 2. The predicted molar refractivity (Wildman–Crippen MR) is 96.1 cm³/mol. The van der Waals surface area contributed by atoms with Gasteiger partial charge < -0.3 is 14.4 Å². The van der Waals surface area contributed by atoms with Crippen LogP contribution in [-0.2, 0) is 14.6 Å². The highest BCUT2D eigenvalue weighted by Gasteiger charge is 2.50. The second kappa shape index (κ2) is 6.95. The first-order valence-corrected chi connectivity index (χ1v) is 11.2. The van der Waals surface area contributed by atoms with E-state index in [4.69, 9.17) is 9.47 Å². The van der Waals surface area contributed by atoms with Crippen LogP contribution >= 0.6 is 11.7 Å². The molecule has 1 aromatic heterocycles. The maximum absolute atomic E-state index is 12.4. The number of sulfone groups is 1. The molecule has 1 saturated heterocycles. The Kier molecular flexibility index (Phi) is 5.17. The zero-order valence-electron chi connectivity index (χ0n) is 15.5. The van der Waals surface area contributed by atoms with E-state index in [9.17, 15) is 13.2 Å². The Bertz CT molecular complexity index is 771. The van der Waals surface area contributed by atoms with Crippen LogP contribution in [0, 0.1) is 5.92 Å². The van der Waals surface area contributed by atoms with Crippen LogP contribution in [0.1, 0.15) is 47.0 Å². The van der Waals surface area contributed by atoms with Crippen molar-refractivity contribution in [3.63, 3.8) is 0 Å². The summed E-state index contributed by atoms with van der Waals surface area (Å²) in [5.74, 6) is 0.403. The maximum atomic E-state index is 12.4. The molecule has 8 nitrogen and oxygen atoms in total. The summed E-state index contributed by atoms with van der Waals surface area (Å²) in [6, 6.07) is -0.127. The highest BCUT2D eigenvalue weighted by molar-refractivity contribution is 7.91. The van der Waals surface area contributed by atoms with Gasteiger partial charge in [-0.2, -0.15) is 4.37 Å². The van der Waals surface area contributed by atoms with E-state index in [-0.39, 0.29) is 34.9 Å². The standard InChI is InChI=1S/C16H25N3O5S2/c1-5-6-26(21,22)14-13(17-25-18-14)23-12-8-10-7-11(12)19(9-10)15(20)24-16(2,3)4/h10-12H,5-9H2,1-4H3/t10?,11?,12-/m0/s1. The third-order valence-corrected chi connectivity index (χ3v) is 6.94. The molecule has 0 N–H and O–H groups in total. The second-order valence-electron chi connectivity index (χ2n) is 7.89. The summed E-state index contributed by atoms with van der Waals surface area (Å²) in [6.07, 6.45) is 1.46. The number of likely N-dealkylation sites (tertiary alicyclic amines) is 1. The van der Waals surface area contributed by atoms with Gasteiger partial charge in [-0.15, -0.1) is 4.37 Å². The van der Waals surface area contributed by atoms with Gasteiger partial charge in [-0.3, -0.25) is 0 Å². The number of hydrogen-bond donors (Lipinski definition) is 0. The van der Waals surface area contributed by atoms with Crippen LogP contribution < -0.4 is 4.74 Å². The monoisotopic (exact) mass is 403 g/mol. The summed E-state index contributed by atoms with van der Waals surface area (Å²) in [5.41, 5.74) is -0.560. The van der Waals surface area contributed by atoms with Gasteiger partial charge in [-0.25, -0.2) is 13.2 Å². The first-order valence-electron chi connectivity index (χ1n) is 8.82. The zero-order chi connectivity index (χ0) is 19.1. The normalized spacial score (nSPS) is 25.5. The molecule has 3 atom stereocenters. The van der Waals surface area contributed by atoms with Gasteiger partial charge in [0.2, 0.25) is 14.9 Å². The molecule has 2 bridgehead atoms. The molecule has 2 unspecified atom stereocenters. The first kappa shape index (κ1) is 19.3. The third-order valence-electron chi connectivity index (χ3n) is 4.51. The van der Waals surface area contributed by atoms with Crippen LogP contribution in [0.4, 0.5) is 4.79 Å². The molecule has 0 radical (unpaired) electrons. The fourth-order valence-corrected chi connectivity index (χ4v) is 5.67. The number of piperidine rings is 1. The summed E-state index contributed by atoms with van der Waals surface area (Å²) in [4.78, 5) is 14.1. The van der Waals surface area contributed by atoms with Crippen molar-refractivity contribution in [1.29, 1.82) is 0 Å². The smallest absolute Gasteiger partial charge is 0.410 e. The number of carbonyl (C=O) groups is 1. The Morgan fingerprint density at radius 2 is 2.04 bits per heavy atom. The molecule has 2 heterocycles. The van der Waals surface area contributed by atoms with E-state index in [0.717, 1.165) is 24.6 Å². The van der Waals surface area contributed by atoms with Crippen LogP contribution in [0.5, 0.6) is 5.88 Å². The fourth-order valence-electron chi connectivity index (χ4n) is 3.57. The van der Waals surface area contributed by atoms with E-state index < -0.39 is 15.4 Å². The summed E-state index contributed by atoms with van der Waals surface area (Å²) >= 11 is 0.828. The van der Waals surface area contributed by atoms with Crippen molar-refractivity contribution in [2.75, 3.05) is 12.3 Å². The number of hydrogen-bond acceptors (Lipinski definition) is 8. The Morgan fingerprint density at radius 1 is 1.31 bits per heavy atom. The van der Waals surface area contributed by atoms with Crippen molar-refractivity contribution < 1.29 is 22.7 Å². The molecule has 26 heavy (non-hydrogen) atoms. The lowest BCUT2D eigenvalue weighted by atomic mass is 10.1. The summed E-state index contributed by atoms with van der Waals surface area (Å²) < 4.78 is 44.0. The van der Waals surface area contributed by atoms with E-state index in [0.29, 0.717) is 18.9 Å². The lowest BCUT2D eigenvalue weighted by Crippen LogP contribution is -2.48. The van der Waals surface area contributed by atoms with Crippen LogP contribution in [0.2, 0.25) is 0 Å². The van der Waals surface area contributed by atoms with Crippen molar-refractivity contribution >= 4 is 27.7 Å². The number of aromatic nitrogens is 2. The Balaban J connectivity index is 1.73. The number of nitrogens with zero attached hydrogens (tertiary/aromatic N) is 3. The third kappa shape index (κ3) is 3.95. The first-order chi connectivity index (χ1) is 12.1. The minimum atomic E-state index is -3.50. The maximum Gasteiger partial charge on any atom is 0.410 e. The highest BCUT2D eigenvalue weighted by Crippen LogP contribution is 2.41. The van der Waals surface area contributed by atoms with Crippen LogP contribution in [0.3, 0.4) is 0 Å². The lowest BCUT2D eigenvalue weighted by molar-refractivity contribution is 0.00177. The van der Waals surface area contributed by atoms with Crippen molar-refractivity contribution in [3.8, 4) is 5.88 Å². The minimum Gasteiger partial charge on any atom is -0.469 e. The molecule has 146 valence electrons. The quantitative estimate of drug-likeness (QED) is 0.745. The van der Waals surface area contributed by atoms with Crippen molar-refractivity contribution in [2.45, 2.75) is 69.7 Å². The van der Waals surface area contributed by atoms with Gasteiger partial charge in [0, 0.05) is 6.54 Å². The van der Waals surface area contributed by atoms with Crippen LogP contribution in [0.15, 0.2) is 5.03 Å². The molecule has 1 amide bonds. The molecule has 1 aliphatic carbocycles. The van der Waals surface area contributed by atoms with Gasteiger partial charge in [-0.1, -0.05) is 6.92 Å².